The Morgan fingerprint density at radius 2 is 1.32 bits per heavy atom. The molecule has 0 saturated carbocycles. The van der Waals surface area contributed by atoms with Crippen molar-refractivity contribution in [2.45, 2.75) is 108 Å². The number of hydrogen-bond acceptors (Lipinski definition) is 6. The highest BCUT2D eigenvalue weighted by Crippen LogP contribution is 2.13. The van der Waals surface area contributed by atoms with Gasteiger partial charge in [-0.1, -0.05) is 90.0 Å². The Labute approximate surface area is 188 Å². The van der Waals surface area contributed by atoms with Crippen LogP contribution >= 0.6 is 0 Å². The Kier molecular flexibility index (Phi) is 18.4. The molecule has 1 atom stereocenters. The first-order valence-electron chi connectivity index (χ1n) is 11.7. The van der Waals surface area contributed by atoms with E-state index in [1.165, 1.54) is 63.9 Å². The number of esters is 2. The van der Waals surface area contributed by atoms with Gasteiger partial charge >= 0.3 is 11.9 Å². The molecule has 1 N–H and O–H groups in total. The van der Waals surface area contributed by atoms with Crippen LogP contribution in [0.15, 0.2) is 12.7 Å². The van der Waals surface area contributed by atoms with Gasteiger partial charge in [0.05, 0.1) is 19.6 Å². The Hall–Kier alpha value is -1.41. The lowest BCUT2D eigenvalue weighted by Crippen LogP contribution is -2.34. The minimum Gasteiger partial charge on any atom is -0.466 e. The summed E-state index contributed by atoms with van der Waals surface area (Å²) < 4.78 is 41.7. The smallest absolute Gasteiger partial charge is 0.327 e. The molecule has 0 aromatic rings. The highest BCUT2D eigenvalue weighted by molar-refractivity contribution is 7.87. The van der Waals surface area contributed by atoms with Gasteiger partial charge in [0.1, 0.15) is 0 Å². The minimum absolute atomic E-state index is 0.0671. The number of carbonyl (C=O) groups is 2. The van der Waals surface area contributed by atoms with Crippen molar-refractivity contribution in [3.05, 3.63) is 12.7 Å². The number of ether oxygens (including phenoxy) is 2. The van der Waals surface area contributed by atoms with E-state index in [-0.39, 0.29) is 13.2 Å². The molecule has 0 aromatic heterocycles. The zero-order chi connectivity index (χ0) is 23.4. The van der Waals surface area contributed by atoms with Crippen molar-refractivity contribution in [1.82, 2.24) is 0 Å². The molecular weight excluding hydrogens is 420 g/mol. The molecule has 0 heterocycles. The van der Waals surface area contributed by atoms with Gasteiger partial charge in [-0.3, -0.25) is 14.1 Å². The zero-order valence-electron chi connectivity index (χ0n) is 19.2. The molecule has 0 amide bonds. The summed E-state index contributed by atoms with van der Waals surface area (Å²) in [5, 5.41) is -1.96. The maximum absolute atomic E-state index is 11.8. The maximum Gasteiger partial charge on any atom is 0.327 e. The van der Waals surface area contributed by atoms with Crippen LogP contribution in [0.3, 0.4) is 0 Å². The standard InChI is InChI=1S/C23H42O7S/c1-3-5-7-8-9-10-11-12-13-14-15-16-17-19-29-22(24)20-21(31(26,27)28)23(25)30-18-6-4-2/h4,21H,2-3,5-20H2,1H3,(H,26,27,28). The Morgan fingerprint density at radius 1 is 0.839 bits per heavy atom. The van der Waals surface area contributed by atoms with E-state index in [1.807, 2.05) is 0 Å². The lowest BCUT2D eigenvalue weighted by Gasteiger charge is -2.12. The Bertz CT molecular complexity index is 587. The normalized spacial score (nSPS) is 12.3. The van der Waals surface area contributed by atoms with Crippen molar-refractivity contribution in [3.63, 3.8) is 0 Å². The summed E-state index contributed by atoms with van der Waals surface area (Å²) in [6, 6.07) is 0. The molecule has 0 spiro atoms. The second kappa shape index (κ2) is 19.3. The monoisotopic (exact) mass is 462 g/mol. The van der Waals surface area contributed by atoms with Gasteiger partial charge in [-0.05, 0) is 12.8 Å². The molecule has 0 fully saturated rings. The van der Waals surface area contributed by atoms with Crippen molar-refractivity contribution in [2.24, 2.45) is 0 Å². The lowest BCUT2D eigenvalue weighted by atomic mass is 10.0. The number of carbonyl (C=O) groups excluding carboxylic acids is 2. The third-order valence-electron chi connectivity index (χ3n) is 5.05. The largest absolute Gasteiger partial charge is 0.466 e. The molecule has 0 radical (unpaired) electrons. The van der Waals surface area contributed by atoms with E-state index in [0.717, 1.165) is 19.3 Å². The molecule has 0 saturated heterocycles. The predicted molar refractivity (Wildman–Crippen MR) is 122 cm³/mol. The highest BCUT2D eigenvalue weighted by Gasteiger charge is 2.35. The van der Waals surface area contributed by atoms with Crippen LogP contribution in [0.4, 0.5) is 0 Å². The molecule has 0 aliphatic rings. The molecule has 1 unspecified atom stereocenters. The molecule has 31 heavy (non-hydrogen) atoms. The number of hydrogen-bond donors (Lipinski definition) is 1. The van der Waals surface area contributed by atoms with Crippen molar-refractivity contribution >= 4 is 22.1 Å². The fourth-order valence-corrected chi connectivity index (χ4v) is 3.82. The van der Waals surface area contributed by atoms with Crippen LogP contribution in [0.25, 0.3) is 0 Å². The van der Waals surface area contributed by atoms with Gasteiger partial charge in [0.2, 0.25) is 0 Å². The fourth-order valence-electron chi connectivity index (χ4n) is 3.16. The van der Waals surface area contributed by atoms with Crippen LogP contribution in [0, 0.1) is 0 Å². The maximum atomic E-state index is 11.8. The average molecular weight is 463 g/mol. The van der Waals surface area contributed by atoms with Gasteiger partial charge in [-0.25, -0.2) is 0 Å². The van der Waals surface area contributed by atoms with Gasteiger partial charge in [-0.15, -0.1) is 6.58 Å². The Balaban J connectivity index is 3.79. The molecule has 0 rings (SSSR count). The Morgan fingerprint density at radius 3 is 1.77 bits per heavy atom. The second-order valence-corrected chi connectivity index (χ2v) is 9.51. The van der Waals surface area contributed by atoms with Crippen LogP contribution in [-0.4, -0.2) is 43.4 Å². The molecule has 0 aromatic carbocycles. The summed E-state index contributed by atoms with van der Waals surface area (Å²) in [4.78, 5) is 23.6. The first-order valence-corrected chi connectivity index (χ1v) is 13.2. The first kappa shape index (κ1) is 29.6. The van der Waals surface area contributed by atoms with Crippen LogP contribution < -0.4 is 0 Å². The van der Waals surface area contributed by atoms with E-state index in [4.69, 9.17) is 9.47 Å². The SMILES string of the molecule is C=CCCOC(=O)C(CC(=O)OCCCCCCCCCCCCCCC)S(=O)(=O)O. The molecular formula is C23H42O7S. The van der Waals surface area contributed by atoms with E-state index in [1.54, 1.807) is 0 Å². The highest BCUT2D eigenvalue weighted by atomic mass is 32.2. The van der Waals surface area contributed by atoms with E-state index in [0.29, 0.717) is 12.8 Å². The van der Waals surface area contributed by atoms with E-state index in [2.05, 4.69) is 13.5 Å². The quantitative estimate of drug-likeness (QED) is 0.105. The van der Waals surface area contributed by atoms with Gasteiger partial charge in [0.25, 0.3) is 10.1 Å². The fraction of sp³-hybridized carbons (Fsp3) is 0.826. The van der Waals surface area contributed by atoms with Crippen molar-refractivity contribution in [1.29, 1.82) is 0 Å². The lowest BCUT2D eigenvalue weighted by molar-refractivity contribution is -0.150. The van der Waals surface area contributed by atoms with E-state index >= 15 is 0 Å². The molecule has 0 aliphatic heterocycles. The van der Waals surface area contributed by atoms with E-state index in [9.17, 15) is 22.6 Å². The minimum atomic E-state index is -4.76. The van der Waals surface area contributed by atoms with Gasteiger partial charge < -0.3 is 9.47 Å². The summed E-state index contributed by atoms with van der Waals surface area (Å²) >= 11 is 0. The third-order valence-corrected chi connectivity index (χ3v) is 6.13. The summed E-state index contributed by atoms with van der Waals surface area (Å²) in [7, 11) is -4.76. The van der Waals surface area contributed by atoms with Crippen LogP contribution in [0.2, 0.25) is 0 Å². The summed E-state index contributed by atoms with van der Waals surface area (Å²) in [5.41, 5.74) is 0. The van der Waals surface area contributed by atoms with Crippen molar-refractivity contribution in [2.75, 3.05) is 13.2 Å². The van der Waals surface area contributed by atoms with Gasteiger partial charge in [-0.2, -0.15) is 8.42 Å². The van der Waals surface area contributed by atoms with E-state index < -0.39 is 33.7 Å². The summed E-state index contributed by atoms with van der Waals surface area (Å²) in [6.45, 7) is 5.79. The van der Waals surface area contributed by atoms with Crippen LogP contribution in [0.1, 0.15) is 103 Å². The molecule has 0 aliphatic carbocycles. The molecule has 0 bridgehead atoms. The van der Waals surface area contributed by atoms with Gasteiger partial charge in [0.15, 0.2) is 5.25 Å². The second-order valence-electron chi connectivity index (χ2n) is 7.92. The van der Waals surface area contributed by atoms with Gasteiger partial charge in [0, 0.05) is 0 Å². The first-order chi connectivity index (χ1) is 14.8. The van der Waals surface area contributed by atoms with Crippen LogP contribution in [-0.2, 0) is 29.2 Å². The predicted octanol–water partition coefficient (Wildman–Crippen LogP) is 5.39. The van der Waals surface area contributed by atoms with Crippen LogP contribution in [0.5, 0.6) is 0 Å². The zero-order valence-corrected chi connectivity index (χ0v) is 20.0. The van der Waals surface area contributed by atoms with Crippen molar-refractivity contribution in [3.8, 4) is 0 Å². The summed E-state index contributed by atoms with van der Waals surface area (Å²) in [6.07, 6.45) is 16.7. The molecule has 7 nitrogen and oxygen atoms in total. The number of rotatable bonds is 21. The molecule has 8 heteroatoms. The number of unbranched alkanes of at least 4 members (excludes halogenated alkanes) is 12. The topological polar surface area (TPSA) is 107 Å². The average Bonchev–Trinajstić information content (AvgIpc) is 2.71. The summed E-state index contributed by atoms with van der Waals surface area (Å²) in [5.74, 6) is -2.01. The van der Waals surface area contributed by atoms with Crippen molar-refractivity contribution < 1.29 is 32.0 Å². The third kappa shape index (κ3) is 17.9. The molecule has 182 valence electrons.